The maximum Gasteiger partial charge on any atom is 0.214 e. The van der Waals surface area contributed by atoms with Crippen LogP contribution in [-0.2, 0) is 19.9 Å². The van der Waals surface area contributed by atoms with Crippen LogP contribution in [0.25, 0.3) is 0 Å². The first-order valence-electron chi connectivity index (χ1n) is 4.01. The molecule has 0 aromatic rings. The van der Waals surface area contributed by atoms with Gasteiger partial charge in [-0.25, -0.2) is 21.1 Å². The molecule has 0 rings (SSSR count). The number of hydrogen-bond acceptors (Lipinski definition) is 5. The molecule has 2 N–H and O–H groups in total. The molecule has 0 radical (unpaired) electrons. The van der Waals surface area contributed by atoms with Gasteiger partial charge in [-0.3, -0.25) is 0 Å². The molecule has 0 bridgehead atoms. The smallest absolute Gasteiger partial charge is 0.214 e. The predicted octanol–water partition coefficient (Wildman–Crippen LogP) is -1.75. The van der Waals surface area contributed by atoms with Gasteiger partial charge in [0.25, 0.3) is 0 Å². The number of rotatable bonds is 6. The van der Waals surface area contributed by atoms with E-state index in [2.05, 4.69) is 0 Å². The molecule has 0 amide bonds. The maximum atomic E-state index is 11.4. The first-order chi connectivity index (χ1) is 6.19. The van der Waals surface area contributed by atoms with Gasteiger partial charge < -0.3 is 5.73 Å². The summed E-state index contributed by atoms with van der Waals surface area (Å²) in [6, 6.07) is 0. The summed E-state index contributed by atoms with van der Waals surface area (Å²) < 4.78 is 45.3. The molecule has 86 valence electrons. The molecule has 0 fully saturated rings. The molecule has 0 spiro atoms. The number of sulfone groups is 1. The lowest BCUT2D eigenvalue weighted by atomic mass is 10.7. The second-order valence-electron chi connectivity index (χ2n) is 3.06. The molecule has 14 heavy (non-hydrogen) atoms. The van der Waals surface area contributed by atoms with Crippen molar-refractivity contribution in [1.29, 1.82) is 0 Å². The third-order valence-electron chi connectivity index (χ3n) is 1.63. The highest BCUT2D eigenvalue weighted by atomic mass is 32.2. The second-order valence-corrected chi connectivity index (χ2v) is 7.51. The van der Waals surface area contributed by atoms with Gasteiger partial charge in [-0.15, -0.1) is 0 Å². The van der Waals surface area contributed by atoms with Gasteiger partial charge in [0.15, 0.2) is 0 Å². The first kappa shape index (κ1) is 13.8. The van der Waals surface area contributed by atoms with E-state index >= 15 is 0 Å². The fourth-order valence-corrected chi connectivity index (χ4v) is 3.48. The minimum absolute atomic E-state index is 0.200. The summed E-state index contributed by atoms with van der Waals surface area (Å²) in [5, 5.41) is 0. The van der Waals surface area contributed by atoms with E-state index in [4.69, 9.17) is 5.73 Å². The zero-order chi connectivity index (χ0) is 11.4. The van der Waals surface area contributed by atoms with Crippen LogP contribution in [-0.4, -0.2) is 59.0 Å². The van der Waals surface area contributed by atoms with Gasteiger partial charge in [0.2, 0.25) is 10.0 Å². The van der Waals surface area contributed by atoms with Crippen LogP contribution < -0.4 is 5.73 Å². The van der Waals surface area contributed by atoms with Gasteiger partial charge in [0, 0.05) is 26.4 Å². The molecule has 0 aliphatic carbocycles. The second kappa shape index (κ2) is 5.06. The Morgan fingerprint density at radius 1 is 1.14 bits per heavy atom. The van der Waals surface area contributed by atoms with E-state index < -0.39 is 19.9 Å². The number of nitrogens with zero attached hydrogens (tertiary/aromatic N) is 1. The predicted molar refractivity (Wildman–Crippen MR) is 55.2 cm³/mol. The van der Waals surface area contributed by atoms with E-state index in [1.54, 1.807) is 0 Å². The molecule has 0 saturated carbocycles. The summed E-state index contributed by atoms with van der Waals surface area (Å²) in [6.07, 6.45) is 1.01. The monoisotopic (exact) mass is 244 g/mol. The highest BCUT2D eigenvalue weighted by molar-refractivity contribution is 7.93. The molecule has 0 aliphatic rings. The van der Waals surface area contributed by atoms with Crippen molar-refractivity contribution >= 4 is 19.9 Å². The highest BCUT2D eigenvalue weighted by Gasteiger charge is 2.19. The number of likely N-dealkylation sites (N-methyl/N-ethyl adjacent to an activating group) is 1. The van der Waals surface area contributed by atoms with E-state index in [1.165, 1.54) is 7.05 Å². The average Bonchev–Trinajstić information content (AvgIpc) is 2.00. The van der Waals surface area contributed by atoms with Crippen molar-refractivity contribution in [3.63, 3.8) is 0 Å². The van der Waals surface area contributed by atoms with Crippen molar-refractivity contribution in [2.75, 3.05) is 37.9 Å². The molecular formula is C6H16N2O4S2. The van der Waals surface area contributed by atoms with Gasteiger partial charge in [-0.05, 0) is 0 Å². The molecule has 0 saturated heterocycles. The topological polar surface area (TPSA) is 97.5 Å². The van der Waals surface area contributed by atoms with E-state index in [0.29, 0.717) is 0 Å². The fourth-order valence-electron chi connectivity index (χ4n) is 0.733. The lowest BCUT2D eigenvalue weighted by Crippen LogP contribution is -2.35. The van der Waals surface area contributed by atoms with Crippen LogP contribution in [0, 0.1) is 0 Å². The average molecular weight is 244 g/mol. The van der Waals surface area contributed by atoms with Crippen molar-refractivity contribution in [3.8, 4) is 0 Å². The minimum Gasteiger partial charge on any atom is -0.329 e. The Kier molecular flexibility index (Phi) is 4.99. The summed E-state index contributed by atoms with van der Waals surface area (Å²) in [7, 11) is -5.34. The maximum absolute atomic E-state index is 11.4. The molecule has 8 heteroatoms. The van der Waals surface area contributed by atoms with E-state index in [1.807, 2.05) is 0 Å². The van der Waals surface area contributed by atoms with Crippen LogP contribution in [0.15, 0.2) is 0 Å². The van der Waals surface area contributed by atoms with Crippen LogP contribution in [0.5, 0.6) is 0 Å². The summed E-state index contributed by atoms with van der Waals surface area (Å²) in [5.74, 6) is -0.743. The molecule has 0 aromatic carbocycles. The quantitative estimate of drug-likeness (QED) is 0.597. The van der Waals surface area contributed by atoms with Gasteiger partial charge >= 0.3 is 0 Å². The lowest BCUT2D eigenvalue weighted by molar-refractivity contribution is 0.477. The third-order valence-corrected chi connectivity index (χ3v) is 4.69. The van der Waals surface area contributed by atoms with E-state index in [9.17, 15) is 16.8 Å². The molecule has 0 unspecified atom stereocenters. The highest BCUT2D eigenvalue weighted by Crippen LogP contribution is 1.98. The van der Waals surface area contributed by atoms with E-state index in [-0.39, 0.29) is 24.6 Å². The molecule has 0 aromatic heterocycles. The summed E-state index contributed by atoms with van der Waals surface area (Å²) in [5.41, 5.74) is 5.18. The Hall–Kier alpha value is -0.180. The Morgan fingerprint density at radius 3 is 2.00 bits per heavy atom. The van der Waals surface area contributed by atoms with Crippen molar-refractivity contribution in [2.45, 2.75) is 0 Å². The van der Waals surface area contributed by atoms with Gasteiger partial charge in [-0.2, -0.15) is 0 Å². The Balaban J connectivity index is 4.36. The largest absolute Gasteiger partial charge is 0.329 e. The first-order valence-corrected chi connectivity index (χ1v) is 7.68. The standard InChI is InChI=1S/C6H16N2O4S2/c1-8(4-3-7)14(11,12)6-5-13(2,9)10/h3-7H2,1-2H3. The van der Waals surface area contributed by atoms with Gasteiger partial charge in [0.1, 0.15) is 9.84 Å². The van der Waals surface area contributed by atoms with Crippen LogP contribution in [0.2, 0.25) is 0 Å². The van der Waals surface area contributed by atoms with Gasteiger partial charge in [0.05, 0.1) is 11.5 Å². The van der Waals surface area contributed by atoms with Crippen LogP contribution in [0.4, 0.5) is 0 Å². The van der Waals surface area contributed by atoms with Crippen molar-refractivity contribution in [3.05, 3.63) is 0 Å². The third kappa shape index (κ3) is 5.53. The van der Waals surface area contributed by atoms with E-state index in [0.717, 1.165) is 10.6 Å². The normalized spacial score (nSPS) is 13.4. The molecule has 0 aliphatic heterocycles. The Labute approximate surface area is 85.0 Å². The summed E-state index contributed by atoms with van der Waals surface area (Å²) in [6.45, 7) is 0.417. The zero-order valence-corrected chi connectivity index (χ0v) is 9.94. The SMILES string of the molecule is CN(CCN)S(=O)(=O)CCS(C)(=O)=O. The molecule has 0 heterocycles. The van der Waals surface area contributed by atoms with Crippen LogP contribution >= 0.6 is 0 Å². The van der Waals surface area contributed by atoms with Crippen LogP contribution in [0.1, 0.15) is 0 Å². The van der Waals surface area contributed by atoms with Gasteiger partial charge in [-0.1, -0.05) is 0 Å². The van der Waals surface area contributed by atoms with Crippen molar-refractivity contribution in [1.82, 2.24) is 4.31 Å². The minimum atomic E-state index is -3.48. The number of nitrogens with two attached hydrogens (primary N) is 1. The van der Waals surface area contributed by atoms with Crippen LogP contribution in [0.3, 0.4) is 0 Å². The summed E-state index contributed by atoms with van der Waals surface area (Å²) >= 11 is 0. The van der Waals surface area contributed by atoms with Crippen molar-refractivity contribution < 1.29 is 16.8 Å². The number of sulfonamides is 1. The summed E-state index contributed by atoms with van der Waals surface area (Å²) in [4.78, 5) is 0. The fraction of sp³-hybridized carbons (Fsp3) is 1.00. The molecule has 0 atom stereocenters. The Bertz CT molecular complexity index is 359. The molecule has 6 nitrogen and oxygen atoms in total. The molecular weight excluding hydrogens is 228 g/mol. The number of hydrogen-bond donors (Lipinski definition) is 1. The lowest BCUT2D eigenvalue weighted by Gasteiger charge is -2.15. The zero-order valence-electron chi connectivity index (χ0n) is 8.30. The van der Waals surface area contributed by atoms with Crippen molar-refractivity contribution in [2.24, 2.45) is 5.73 Å². The Morgan fingerprint density at radius 2 is 1.64 bits per heavy atom.